The number of rotatable bonds is 2. The van der Waals surface area contributed by atoms with Crippen LogP contribution in [0.5, 0.6) is 5.75 Å². The molecule has 0 amide bonds. The van der Waals surface area contributed by atoms with Crippen molar-refractivity contribution in [3.63, 3.8) is 0 Å². The molecule has 0 saturated heterocycles. The van der Waals surface area contributed by atoms with E-state index in [0.29, 0.717) is 17.0 Å². The Bertz CT molecular complexity index is 809. The second-order valence-electron chi connectivity index (χ2n) is 4.80. The van der Waals surface area contributed by atoms with Crippen LogP contribution in [0.2, 0.25) is 0 Å². The van der Waals surface area contributed by atoms with Gasteiger partial charge in [-0.2, -0.15) is 10.4 Å². The molecule has 21 heavy (non-hydrogen) atoms. The largest absolute Gasteiger partial charge is 0.508 e. The summed E-state index contributed by atoms with van der Waals surface area (Å²) in [5.41, 5.74) is 2.39. The molecule has 0 bridgehead atoms. The number of nitrogens with zero attached hydrogens (tertiary/aromatic N) is 3. The molecule has 1 N–H and O–H groups in total. The van der Waals surface area contributed by atoms with Gasteiger partial charge in [0.2, 0.25) is 0 Å². The number of nitriles is 1. The minimum Gasteiger partial charge on any atom is -0.508 e. The molecule has 0 radical (unpaired) electrons. The van der Waals surface area contributed by atoms with Crippen molar-refractivity contribution in [2.75, 3.05) is 0 Å². The van der Waals surface area contributed by atoms with Crippen molar-refractivity contribution in [2.24, 2.45) is 5.10 Å². The van der Waals surface area contributed by atoms with Crippen LogP contribution < -0.4 is 5.56 Å². The van der Waals surface area contributed by atoms with E-state index in [1.54, 1.807) is 51.1 Å². The van der Waals surface area contributed by atoms with Crippen molar-refractivity contribution in [3.8, 4) is 11.8 Å². The lowest BCUT2D eigenvalue weighted by molar-refractivity contribution is 0.475. The number of aromatic hydroxyl groups is 1. The summed E-state index contributed by atoms with van der Waals surface area (Å²) in [6.45, 7) is 5.27. The molecule has 0 atom stereocenters. The highest BCUT2D eigenvalue weighted by Crippen LogP contribution is 2.11. The number of aromatic nitrogens is 1. The van der Waals surface area contributed by atoms with Gasteiger partial charge in [0.15, 0.2) is 0 Å². The molecular weight excluding hydrogens is 266 g/mol. The second kappa shape index (κ2) is 5.63. The van der Waals surface area contributed by atoms with Gasteiger partial charge in [0.25, 0.3) is 5.56 Å². The summed E-state index contributed by atoms with van der Waals surface area (Å²) in [4.78, 5) is 12.3. The van der Waals surface area contributed by atoms with Crippen molar-refractivity contribution in [1.82, 2.24) is 4.68 Å². The third-order valence-electron chi connectivity index (χ3n) is 3.21. The molecule has 0 unspecified atom stereocenters. The first-order valence-corrected chi connectivity index (χ1v) is 6.42. The Morgan fingerprint density at radius 3 is 2.48 bits per heavy atom. The minimum absolute atomic E-state index is 0.0999. The van der Waals surface area contributed by atoms with Gasteiger partial charge >= 0.3 is 0 Å². The molecule has 1 heterocycles. The van der Waals surface area contributed by atoms with Crippen molar-refractivity contribution in [1.29, 1.82) is 5.26 Å². The molecule has 1 aromatic heterocycles. The molecule has 0 aliphatic rings. The van der Waals surface area contributed by atoms with Crippen LogP contribution in [0.15, 0.2) is 40.2 Å². The van der Waals surface area contributed by atoms with E-state index in [0.717, 1.165) is 5.56 Å². The Morgan fingerprint density at radius 1 is 1.29 bits per heavy atom. The quantitative estimate of drug-likeness (QED) is 0.858. The Hall–Kier alpha value is -2.87. The number of benzene rings is 1. The van der Waals surface area contributed by atoms with Crippen LogP contribution in [0.1, 0.15) is 29.3 Å². The van der Waals surface area contributed by atoms with Gasteiger partial charge in [0.1, 0.15) is 17.4 Å². The van der Waals surface area contributed by atoms with Crippen molar-refractivity contribution >= 4 is 5.71 Å². The first-order valence-electron chi connectivity index (χ1n) is 6.42. The van der Waals surface area contributed by atoms with E-state index >= 15 is 0 Å². The summed E-state index contributed by atoms with van der Waals surface area (Å²) in [6, 6.07) is 10.2. The SMILES string of the molecule is C/C(=N\n1c(C)cc(C)c(C#N)c1=O)c1ccc(O)cc1. The monoisotopic (exact) mass is 281 g/mol. The molecule has 0 aliphatic carbocycles. The summed E-state index contributed by atoms with van der Waals surface area (Å²) in [6.07, 6.45) is 0. The van der Waals surface area contributed by atoms with Gasteiger partial charge in [-0.05, 0) is 62.2 Å². The fourth-order valence-corrected chi connectivity index (χ4v) is 2.05. The Labute approximate surface area is 122 Å². The summed E-state index contributed by atoms with van der Waals surface area (Å²) in [5, 5.41) is 22.6. The average Bonchev–Trinajstić information content (AvgIpc) is 2.44. The maximum Gasteiger partial charge on any atom is 0.289 e. The predicted octanol–water partition coefficient (Wildman–Crippen LogP) is 2.31. The van der Waals surface area contributed by atoms with Gasteiger partial charge in [-0.1, -0.05) is 0 Å². The van der Waals surface area contributed by atoms with Crippen molar-refractivity contribution in [3.05, 3.63) is 63.1 Å². The molecule has 0 fully saturated rings. The summed E-state index contributed by atoms with van der Waals surface area (Å²) in [5.74, 6) is 0.169. The topological polar surface area (TPSA) is 78.4 Å². The maximum atomic E-state index is 12.3. The van der Waals surface area contributed by atoms with Crippen molar-refractivity contribution in [2.45, 2.75) is 20.8 Å². The van der Waals surface area contributed by atoms with E-state index in [-0.39, 0.29) is 11.3 Å². The summed E-state index contributed by atoms with van der Waals surface area (Å²) >= 11 is 0. The van der Waals surface area contributed by atoms with Gasteiger partial charge in [0.05, 0.1) is 5.71 Å². The van der Waals surface area contributed by atoms with E-state index in [9.17, 15) is 9.90 Å². The zero-order chi connectivity index (χ0) is 15.6. The Balaban J connectivity index is 2.58. The fourth-order valence-electron chi connectivity index (χ4n) is 2.05. The molecule has 0 saturated carbocycles. The molecule has 1 aromatic carbocycles. The first-order chi connectivity index (χ1) is 9.93. The average molecular weight is 281 g/mol. The molecular formula is C16H15N3O2. The number of pyridine rings is 1. The van der Waals surface area contributed by atoms with Gasteiger partial charge in [-0.15, -0.1) is 0 Å². The van der Waals surface area contributed by atoms with Crippen LogP contribution in [-0.2, 0) is 0 Å². The number of hydrogen-bond donors (Lipinski definition) is 1. The fraction of sp³-hybridized carbons (Fsp3) is 0.188. The molecule has 0 spiro atoms. The van der Waals surface area contributed by atoms with Gasteiger partial charge < -0.3 is 5.11 Å². The molecule has 5 heteroatoms. The smallest absolute Gasteiger partial charge is 0.289 e. The molecule has 0 aliphatic heterocycles. The van der Waals surface area contributed by atoms with E-state index in [1.807, 2.05) is 6.07 Å². The van der Waals surface area contributed by atoms with E-state index in [2.05, 4.69) is 5.10 Å². The molecule has 5 nitrogen and oxygen atoms in total. The van der Waals surface area contributed by atoms with Crippen LogP contribution in [0.3, 0.4) is 0 Å². The minimum atomic E-state index is -0.423. The molecule has 2 rings (SSSR count). The highest BCUT2D eigenvalue weighted by Gasteiger charge is 2.10. The third kappa shape index (κ3) is 2.84. The van der Waals surface area contributed by atoms with E-state index < -0.39 is 5.56 Å². The second-order valence-corrected chi connectivity index (χ2v) is 4.80. The first kappa shape index (κ1) is 14.5. The third-order valence-corrected chi connectivity index (χ3v) is 3.21. The van der Waals surface area contributed by atoms with Crippen LogP contribution in [0.25, 0.3) is 0 Å². The lowest BCUT2D eigenvalue weighted by Crippen LogP contribution is -2.23. The van der Waals surface area contributed by atoms with Gasteiger partial charge in [-0.25, -0.2) is 4.68 Å². The molecule has 2 aromatic rings. The van der Waals surface area contributed by atoms with Gasteiger partial charge in [-0.3, -0.25) is 4.79 Å². The predicted molar refractivity (Wildman–Crippen MR) is 80.6 cm³/mol. The summed E-state index contributed by atoms with van der Waals surface area (Å²) in [7, 11) is 0. The van der Waals surface area contributed by atoms with E-state index in [4.69, 9.17) is 5.26 Å². The lowest BCUT2D eigenvalue weighted by Gasteiger charge is -2.08. The lowest BCUT2D eigenvalue weighted by atomic mass is 10.1. The molecule has 106 valence electrons. The number of phenols is 1. The van der Waals surface area contributed by atoms with Crippen LogP contribution >= 0.6 is 0 Å². The Kier molecular flexibility index (Phi) is 3.90. The van der Waals surface area contributed by atoms with Crippen LogP contribution in [-0.4, -0.2) is 15.5 Å². The highest BCUT2D eigenvalue weighted by molar-refractivity contribution is 5.98. The van der Waals surface area contributed by atoms with Crippen molar-refractivity contribution < 1.29 is 5.11 Å². The number of hydrogen-bond acceptors (Lipinski definition) is 4. The zero-order valence-corrected chi connectivity index (χ0v) is 12.1. The Morgan fingerprint density at radius 2 is 1.90 bits per heavy atom. The maximum absolute atomic E-state index is 12.3. The number of aryl methyl sites for hydroxylation is 2. The number of phenolic OH excluding ortho intramolecular Hbond substituents is 1. The zero-order valence-electron chi connectivity index (χ0n) is 12.1. The summed E-state index contributed by atoms with van der Waals surface area (Å²) < 4.78 is 1.23. The van der Waals surface area contributed by atoms with Gasteiger partial charge in [0, 0.05) is 5.69 Å². The van der Waals surface area contributed by atoms with Crippen LogP contribution in [0, 0.1) is 25.2 Å². The highest BCUT2D eigenvalue weighted by atomic mass is 16.3. The standard InChI is InChI=1S/C16H15N3O2/c1-10-8-11(2)19(16(21)15(10)9-17)18-12(3)13-4-6-14(20)7-5-13/h4-8,20H,1-3H3/b18-12+. The normalized spacial score (nSPS) is 11.2. The van der Waals surface area contributed by atoms with E-state index in [1.165, 1.54) is 4.68 Å². The van der Waals surface area contributed by atoms with Crippen LogP contribution in [0.4, 0.5) is 0 Å².